The zero-order chi connectivity index (χ0) is 22.7. The van der Waals surface area contributed by atoms with Crippen LogP contribution >= 0.6 is 35.1 Å². The number of nitrogens with zero attached hydrogens (tertiary/aromatic N) is 2. The highest BCUT2D eigenvalue weighted by molar-refractivity contribution is 8.18. The molecule has 1 fully saturated rings. The van der Waals surface area contributed by atoms with E-state index in [9.17, 15) is 19.7 Å². The van der Waals surface area contributed by atoms with E-state index >= 15 is 0 Å². The minimum absolute atomic E-state index is 0.0813. The van der Waals surface area contributed by atoms with Crippen molar-refractivity contribution >= 4 is 58.0 Å². The molecule has 0 unspecified atom stereocenters. The molecule has 9 heteroatoms. The number of hydrogen-bond donors (Lipinski definition) is 0. The van der Waals surface area contributed by atoms with Crippen LogP contribution in [-0.2, 0) is 11.3 Å². The molecule has 1 heterocycles. The Morgan fingerprint density at radius 3 is 2.44 bits per heavy atom. The quantitative estimate of drug-likeness (QED) is 0.222. The first kappa shape index (κ1) is 22.1. The van der Waals surface area contributed by atoms with Crippen molar-refractivity contribution in [1.29, 1.82) is 0 Å². The van der Waals surface area contributed by atoms with E-state index in [0.29, 0.717) is 15.5 Å². The Bertz CT molecular complexity index is 1230. The fourth-order valence-electron chi connectivity index (χ4n) is 3.04. The number of rotatable bonds is 6. The number of carbonyl (C=O) groups is 2. The van der Waals surface area contributed by atoms with Crippen molar-refractivity contribution in [3.8, 4) is 0 Å². The average Bonchev–Trinajstić information content (AvgIpc) is 3.04. The summed E-state index contributed by atoms with van der Waals surface area (Å²) in [6, 6.07) is 21.0. The molecule has 0 radical (unpaired) electrons. The van der Waals surface area contributed by atoms with E-state index in [1.807, 2.05) is 30.3 Å². The molecular formula is C23H15ClN2O4S2. The van der Waals surface area contributed by atoms with Crippen LogP contribution in [0.4, 0.5) is 10.5 Å². The molecule has 3 aromatic rings. The molecule has 2 amide bonds. The minimum Gasteiger partial charge on any atom is -0.268 e. The van der Waals surface area contributed by atoms with Crippen molar-refractivity contribution in [2.45, 2.75) is 16.3 Å². The van der Waals surface area contributed by atoms with Crippen LogP contribution < -0.4 is 0 Å². The Labute approximate surface area is 197 Å². The summed E-state index contributed by atoms with van der Waals surface area (Å²) in [6.45, 7) is 0.180. The molecule has 160 valence electrons. The number of halogens is 1. The van der Waals surface area contributed by atoms with E-state index in [0.717, 1.165) is 22.2 Å². The molecule has 1 saturated heterocycles. The zero-order valence-electron chi connectivity index (χ0n) is 16.4. The van der Waals surface area contributed by atoms with Gasteiger partial charge in [0.2, 0.25) is 0 Å². The molecule has 6 nitrogen and oxygen atoms in total. The smallest absolute Gasteiger partial charge is 0.268 e. The van der Waals surface area contributed by atoms with Gasteiger partial charge in [-0.1, -0.05) is 59.8 Å². The normalized spacial score (nSPS) is 14.9. The number of thioether (sulfide) groups is 1. The van der Waals surface area contributed by atoms with Gasteiger partial charge < -0.3 is 0 Å². The lowest BCUT2D eigenvalue weighted by Gasteiger charge is -2.12. The van der Waals surface area contributed by atoms with Crippen LogP contribution in [0.2, 0.25) is 5.02 Å². The van der Waals surface area contributed by atoms with Gasteiger partial charge in [0.15, 0.2) is 0 Å². The number of amides is 2. The summed E-state index contributed by atoms with van der Waals surface area (Å²) in [5, 5.41) is 11.9. The number of benzene rings is 3. The lowest BCUT2D eigenvalue weighted by molar-refractivity contribution is -0.387. The van der Waals surface area contributed by atoms with Crippen LogP contribution in [0.15, 0.2) is 87.5 Å². The summed E-state index contributed by atoms with van der Waals surface area (Å²) < 4.78 is 0. The van der Waals surface area contributed by atoms with Crippen molar-refractivity contribution in [2.75, 3.05) is 0 Å². The first-order valence-corrected chi connectivity index (χ1v) is 11.4. The second-order valence-corrected chi connectivity index (χ2v) is 9.34. The van der Waals surface area contributed by atoms with Crippen molar-refractivity contribution in [2.24, 2.45) is 0 Å². The fourth-order valence-corrected chi connectivity index (χ4v) is 4.90. The molecule has 0 aromatic heterocycles. The lowest BCUT2D eigenvalue weighted by Crippen LogP contribution is -2.27. The second kappa shape index (κ2) is 9.60. The summed E-state index contributed by atoms with van der Waals surface area (Å²) in [6.07, 6.45) is 1.51. The molecule has 0 N–H and O–H groups in total. The Kier molecular flexibility index (Phi) is 6.64. The molecule has 3 aromatic carbocycles. The molecule has 1 aliphatic heterocycles. The van der Waals surface area contributed by atoms with Crippen molar-refractivity contribution in [3.63, 3.8) is 0 Å². The molecule has 4 rings (SSSR count). The summed E-state index contributed by atoms with van der Waals surface area (Å²) in [5.41, 5.74) is 1.24. The highest BCUT2D eigenvalue weighted by Gasteiger charge is 2.35. The predicted octanol–water partition coefficient (Wildman–Crippen LogP) is 6.64. The van der Waals surface area contributed by atoms with E-state index in [1.165, 1.54) is 28.8 Å². The fraction of sp³-hybridized carbons (Fsp3) is 0.0435. The standard InChI is InChI=1S/C23H15ClN2O4S2/c24-17-7-9-18(10-8-17)31-20-11-6-16(12-19(20)26(29)30)13-21-22(27)25(23(28)32-21)14-15-4-2-1-3-5-15/h1-13H,14H2. The Morgan fingerprint density at radius 2 is 1.75 bits per heavy atom. The third-order valence-corrected chi connectivity index (χ3v) is 6.81. The van der Waals surface area contributed by atoms with E-state index in [-0.39, 0.29) is 22.4 Å². The molecule has 0 saturated carbocycles. The van der Waals surface area contributed by atoms with Gasteiger partial charge in [-0.2, -0.15) is 0 Å². The summed E-state index contributed by atoms with van der Waals surface area (Å²) in [5.74, 6) is -0.411. The molecule has 0 aliphatic carbocycles. The van der Waals surface area contributed by atoms with Gasteiger partial charge in [0.25, 0.3) is 16.8 Å². The molecule has 0 atom stereocenters. The van der Waals surface area contributed by atoms with Gasteiger partial charge in [-0.3, -0.25) is 24.6 Å². The van der Waals surface area contributed by atoms with Crippen molar-refractivity contribution in [1.82, 2.24) is 4.90 Å². The van der Waals surface area contributed by atoms with Crippen LogP contribution in [0.25, 0.3) is 6.08 Å². The monoisotopic (exact) mass is 482 g/mol. The number of nitro groups is 1. The van der Waals surface area contributed by atoms with Crippen LogP contribution in [0, 0.1) is 10.1 Å². The SMILES string of the molecule is O=C1SC(=Cc2ccc(Sc3ccc(Cl)cc3)c([N+](=O)[O-])c2)C(=O)N1Cc1ccccc1. The van der Waals surface area contributed by atoms with E-state index < -0.39 is 10.8 Å². The lowest BCUT2D eigenvalue weighted by atomic mass is 10.1. The van der Waals surface area contributed by atoms with Gasteiger partial charge in [0.05, 0.1) is 21.3 Å². The zero-order valence-corrected chi connectivity index (χ0v) is 18.8. The third-order valence-electron chi connectivity index (χ3n) is 4.58. The molecule has 32 heavy (non-hydrogen) atoms. The number of hydrogen-bond acceptors (Lipinski definition) is 6. The van der Waals surface area contributed by atoms with Gasteiger partial charge in [0.1, 0.15) is 0 Å². The largest absolute Gasteiger partial charge is 0.293 e. The van der Waals surface area contributed by atoms with Crippen LogP contribution in [0.1, 0.15) is 11.1 Å². The van der Waals surface area contributed by atoms with Crippen LogP contribution in [-0.4, -0.2) is 21.0 Å². The number of carbonyl (C=O) groups excluding carboxylic acids is 2. The van der Waals surface area contributed by atoms with Gasteiger partial charge >= 0.3 is 0 Å². The molecule has 1 aliphatic rings. The highest BCUT2D eigenvalue weighted by atomic mass is 35.5. The minimum atomic E-state index is -0.462. The van der Waals surface area contributed by atoms with E-state index in [4.69, 9.17) is 11.6 Å². The average molecular weight is 483 g/mol. The Morgan fingerprint density at radius 1 is 1.03 bits per heavy atom. The Balaban J connectivity index is 1.57. The topological polar surface area (TPSA) is 80.5 Å². The summed E-state index contributed by atoms with van der Waals surface area (Å²) in [4.78, 5) is 39.0. The van der Waals surface area contributed by atoms with Crippen LogP contribution in [0.3, 0.4) is 0 Å². The number of imide groups is 1. The van der Waals surface area contributed by atoms with E-state index in [2.05, 4.69) is 0 Å². The summed E-state index contributed by atoms with van der Waals surface area (Å²) in [7, 11) is 0. The maximum absolute atomic E-state index is 12.7. The molecule has 0 bridgehead atoms. The predicted molar refractivity (Wildman–Crippen MR) is 127 cm³/mol. The van der Waals surface area contributed by atoms with Gasteiger partial charge in [-0.15, -0.1) is 0 Å². The molecule has 0 spiro atoms. The van der Waals surface area contributed by atoms with Crippen LogP contribution in [0.5, 0.6) is 0 Å². The second-order valence-electron chi connectivity index (χ2n) is 6.79. The maximum atomic E-state index is 12.7. The Hall–Kier alpha value is -3.07. The third kappa shape index (κ3) is 5.04. The first-order valence-electron chi connectivity index (χ1n) is 9.42. The first-order chi connectivity index (χ1) is 15.4. The van der Waals surface area contributed by atoms with Gasteiger partial charge in [0, 0.05) is 16.0 Å². The van der Waals surface area contributed by atoms with Gasteiger partial charge in [-0.25, -0.2) is 0 Å². The molecular weight excluding hydrogens is 468 g/mol. The van der Waals surface area contributed by atoms with E-state index in [1.54, 1.807) is 36.4 Å². The van der Waals surface area contributed by atoms with Gasteiger partial charge in [-0.05, 0) is 59.3 Å². The summed E-state index contributed by atoms with van der Waals surface area (Å²) >= 11 is 7.97. The number of nitro benzene ring substituents is 1. The maximum Gasteiger partial charge on any atom is 0.293 e. The highest BCUT2D eigenvalue weighted by Crippen LogP contribution is 2.38. The van der Waals surface area contributed by atoms with Crippen molar-refractivity contribution < 1.29 is 14.5 Å². The van der Waals surface area contributed by atoms with Crippen molar-refractivity contribution in [3.05, 3.63) is 104 Å².